The minimum absolute atomic E-state index is 0.371. The predicted molar refractivity (Wildman–Crippen MR) is 141 cm³/mol. The summed E-state index contributed by atoms with van der Waals surface area (Å²) in [7, 11) is 0. The van der Waals surface area contributed by atoms with E-state index < -0.39 is 0 Å². The number of unbranched alkanes of at least 4 members (excludes halogenated alkanes) is 6. The van der Waals surface area contributed by atoms with Gasteiger partial charge >= 0.3 is 0 Å². The van der Waals surface area contributed by atoms with Crippen molar-refractivity contribution < 1.29 is 9.47 Å². The zero-order valence-corrected chi connectivity index (χ0v) is 21.4. The van der Waals surface area contributed by atoms with Crippen LogP contribution in [0.3, 0.4) is 0 Å². The van der Waals surface area contributed by atoms with Crippen LogP contribution in [0.4, 0.5) is 0 Å². The van der Waals surface area contributed by atoms with E-state index in [4.69, 9.17) is 9.47 Å². The Kier molecular flexibility index (Phi) is 12.9. The van der Waals surface area contributed by atoms with Crippen LogP contribution in [0.5, 0.6) is 11.5 Å². The van der Waals surface area contributed by atoms with Crippen LogP contribution in [0.2, 0.25) is 0 Å². The summed E-state index contributed by atoms with van der Waals surface area (Å²) in [6, 6.07) is 8.72. The van der Waals surface area contributed by atoms with Gasteiger partial charge in [0.2, 0.25) is 0 Å². The van der Waals surface area contributed by atoms with E-state index in [0.717, 1.165) is 36.9 Å². The normalized spacial score (nSPS) is 15.2. The van der Waals surface area contributed by atoms with Crippen molar-refractivity contribution in [3.05, 3.63) is 48.5 Å². The summed E-state index contributed by atoms with van der Waals surface area (Å²) in [4.78, 5) is 8.13. The average Bonchev–Trinajstić information content (AvgIpc) is 2.89. The fraction of sp³-hybridized carbons (Fsp3) is 0.667. The fourth-order valence-electron chi connectivity index (χ4n) is 5.11. The molecule has 1 fully saturated rings. The number of aromatic nitrogens is 2. The van der Waals surface area contributed by atoms with Crippen molar-refractivity contribution in [1.29, 1.82) is 0 Å². The predicted octanol–water partition coefficient (Wildman–Crippen LogP) is 8.52. The van der Waals surface area contributed by atoms with Crippen molar-refractivity contribution in [2.24, 2.45) is 5.92 Å². The zero-order valence-electron chi connectivity index (χ0n) is 21.4. The Labute approximate surface area is 207 Å². The molecule has 0 N–H and O–H groups in total. The van der Waals surface area contributed by atoms with E-state index in [2.05, 4.69) is 41.2 Å². The van der Waals surface area contributed by atoms with Gasteiger partial charge in [-0.3, -0.25) is 0 Å². The summed E-state index contributed by atoms with van der Waals surface area (Å²) in [6.45, 7) is 3.75. The van der Waals surface area contributed by atoms with Gasteiger partial charge < -0.3 is 9.47 Å². The molecule has 1 aliphatic rings. The van der Waals surface area contributed by atoms with Crippen molar-refractivity contribution in [3.63, 3.8) is 0 Å². The van der Waals surface area contributed by atoms with Crippen LogP contribution in [-0.2, 0) is 0 Å². The highest BCUT2D eigenvalue weighted by atomic mass is 16.5. The molecule has 188 valence electrons. The topological polar surface area (TPSA) is 44.2 Å². The lowest BCUT2D eigenvalue weighted by Gasteiger charge is -2.21. The minimum atomic E-state index is 0.371. The Hall–Kier alpha value is -2.10. The van der Waals surface area contributed by atoms with Gasteiger partial charge in [0, 0.05) is 5.92 Å². The summed E-state index contributed by atoms with van der Waals surface area (Å²) >= 11 is 0. The Morgan fingerprint density at radius 3 is 2.29 bits per heavy atom. The summed E-state index contributed by atoms with van der Waals surface area (Å²) in [6.07, 6.45) is 25.1. The van der Waals surface area contributed by atoms with Crippen LogP contribution in [0.1, 0.15) is 115 Å². The summed E-state index contributed by atoms with van der Waals surface area (Å²) < 4.78 is 12.1. The van der Waals surface area contributed by atoms with E-state index in [1.807, 2.05) is 0 Å². The standard InChI is InChI=1S/C30H46N2O2/c1-2-3-4-5-6-10-16-28(24-34-30-22-31-25-32-23-30)27-17-19-29(20-18-27)33-21-12-11-15-26-13-8-7-9-14-26/h17-20,22-23,25-26,28H,2-16,21,24H2,1H3. The highest BCUT2D eigenvalue weighted by Crippen LogP contribution is 2.28. The van der Waals surface area contributed by atoms with Crippen molar-refractivity contribution in [1.82, 2.24) is 9.97 Å². The lowest BCUT2D eigenvalue weighted by molar-refractivity contribution is 0.275. The molecule has 3 rings (SSSR count). The summed E-state index contributed by atoms with van der Waals surface area (Å²) in [5, 5.41) is 0. The van der Waals surface area contributed by atoms with E-state index in [1.54, 1.807) is 12.4 Å². The first-order chi connectivity index (χ1) is 16.8. The third kappa shape index (κ3) is 10.4. The molecule has 0 radical (unpaired) electrons. The quantitative estimate of drug-likeness (QED) is 0.219. The monoisotopic (exact) mass is 466 g/mol. The molecule has 1 saturated carbocycles. The summed E-state index contributed by atoms with van der Waals surface area (Å²) in [5.74, 6) is 3.07. The third-order valence-electron chi connectivity index (χ3n) is 7.25. The largest absolute Gasteiger partial charge is 0.494 e. The van der Waals surface area contributed by atoms with Gasteiger partial charge in [0.1, 0.15) is 12.1 Å². The molecule has 0 amide bonds. The van der Waals surface area contributed by atoms with E-state index in [-0.39, 0.29) is 0 Å². The second-order valence-corrected chi connectivity index (χ2v) is 10.1. The molecule has 4 nitrogen and oxygen atoms in total. The molecule has 0 bridgehead atoms. The van der Waals surface area contributed by atoms with Crippen LogP contribution < -0.4 is 9.47 Å². The molecule has 0 saturated heterocycles. The second kappa shape index (κ2) is 16.5. The van der Waals surface area contributed by atoms with Crippen LogP contribution in [0.15, 0.2) is 43.0 Å². The van der Waals surface area contributed by atoms with Gasteiger partial charge in [-0.25, -0.2) is 9.97 Å². The SMILES string of the molecule is CCCCCCCCC(COc1cncnc1)c1ccc(OCCCCC2CCCCC2)cc1. The van der Waals surface area contributed by atoms with Crippen molar-refractivity contribution in [2.75, 3.05) is 13.2 Å². The van der Waals surface area contributed by atoms with E-state index in [0.29, 0.717) is 12.5 Å². The van der Waals surface area contributed by atoms with E-state index in [1.165, 1.54) is 95.4 Å². The van der Waals surface area contributed by atoms with Gasteiger partial charge in [-0.15, -0.1) is 0 Å². The van der Waals surface area contributed by atoms with Crippen molar-refractivity contribution in [3.8, 4) is 11.5 Å². The molecule has 0 aliphatic heterocycles. The molecule has 1 heterocycles. The third-order valence-corrected chi connectivity index (χ3v) is 7.25. The Balaban J connectivity index is 1.42. The van der Waals surface area contributed by atoms with Gasteiger partial charge in [0.15, 0.2) is 5.75 Å². The minimum Gasteiger partial charge on any atom is -0.494 e. The number of benzene rings is 1. The highest BCUT2D eigenvalue weighted by molar-refractivity contribution is 5.29. The van der Waals surface area contributed by atoms with Crippen LogP contribution in [-0.4, -0.2) is 23.2 Å². The van der Waals surface area contributed by atoms with Gasteiger partial charge in [-0.05, 0) is 42.9 Å². The van der Waals surface area contributed by atoms with Crippen LogP contribution in [0.25, 0.3) is 0 Å². The first-order valence-corrected chi connectivity index (χ1v) is 14.0. The number of hydrogen-bond acceptors (Lipinski definition) is 4. The van der Waals surface area contributed by atoms with Gasteiger partial charge in [-0.2, -0.15) is 0 Å². The molecular weight excluding hydrogens is 420 g/mol. The summed E-state index contributed by atoms with van der Waals surface area (Å²) in [5.41, 5.74) is 1.33. The smallest absolute Gasteiger partial charge is 0.155 e. The fourth-order valence-corrected chi connectivity index (χ4v) is 5.11. The molecule has 2 aromatic rings. The van der Waals surface area contributed by atoms with Crippen LogP contribution >= 0.6 is 0 Å². The van der Waals surface area contributed by atoms with Crippen molar-refractivity contribution >= 4 is 0 Å². The lowest BCUT2D eigenvalue weighted by atomic mass is 9.86. The van der Waals surface area contributed by atoms with Crippen LogP contribution in [0, 0.1) is 5.92 Å². The Morgan fingerprint density at radius 1 is 0.794 bits per heavy atom. The number of hydrogen-bond donors (Lipinski definition) is 0. The maximum Gasteiger partial charge on any atom is 0.155 e. The number of ether oxygens (including phenoxy) is 2. The maximum atomic E-state index is 6.05. The first kappa shape index (κ1) is 26.5. The number of rotatable bonds is 17. The Morgan fingerprint density at radius 2 is 1.53 bits per heavy atom. The lowest BCUT2D eigenvalue weighted by Crippen LogP contribution is -2.11. The molecule has 4 heteroatoms. The van der Waals surface area contributed by atoms with Gasteiger partial charge in [-0.1, -0.05) is 96.1 Å². The molecule has 1 aromatic carbocycles. The second-order valence-electron chi connectivity index (χ2n) is 10.1. The molecule has 34 heavy (non-hydrogen) atoms. The van der Waals surface area contributed by atoms with E-state index >= 15 is 0 Å². The zero-order chi connectivity index (χ0) is 23.7. The highest BCUT2D eigenvalue weighted by Gasteiger charge is 2.14. The number of nitrogens with zero attached hydrogens (tertiary/aromatic N) is 2. The van der Waals surface area contributed by atoms with Crippen molar-refractivity contribution in [2.45, 2.75) is 109 Å². The van der Waals surface area contributed by atoms with Gasteiger partial charge in [0.05, 0.1) is 25.6 Å². The molecule has 1 unspecified atom stereocenters. The Bertz CT molecular complexity index is 744. The molecule has 0 spiro atoms. The van der Waals surface area contributed by atoms with E-state index in [9.17, 15) is 0 Å². The maximum absolute atomic E-state index is 6.05. The average molecular weight is 467 g/mol. The van der Waals surface area contributed by atoms with Gasteiger partial charge in [0.25, 0.3) is 0 Å². The first-order valence-electron chi connectivity index (χ1n) is 14.0. The molecule has 1 aliphatic carbocycles. The molecular formula is C30H46N2O2. The molecule has 1 aromatic heterocycles. The molecule has 1 atom stereocenters.